The van der Waals surface area contributed by atoms with Crippen molar-refractivity contribution in [2.75, 3.05) is 13.2 Å². The predicted octanol–water partition coefficient (Wildman–Crippen LogP) is 2.46. The van der Waals surface area contributed by atoms with E-state index in [1.54, 1.807) is 0 Å². The molecule has 0 aliphatic heterocycles. The van der Waals surface area contributed by atoms with Crippen LogP contribution in [0.4, 0.5) is 0 Å². The number of benzene rings is 1. The molecule has 110 valence electrons. The highest BCUT2D eigenvalue weighted by Crippen LogP contribution is 2.23. The van der Waals surface area contributed by atoms with Gasteiger partial charge in [0.1, 0.15) is 5.75 Å². The maximum atomic E-state index is 11.9. The van der Waals surface area contributed by atoms with E-state index in [1.807, 2.05) is 24.3 Å². The van der Waals surface area contributed by atoms with Crippen LogP contribution in [0.1, 0.15) is 25.7 Å². The second-order valence-electron chi connectivity index (χ2n) is 5.20. The summed E-state index contributed by atoms with van der Waals surface area (Å²) >= 11 is 3.36. The van der Waals surface area contributed by atoms with Crippen molar-refractivity contribution in [1.29, 1.82) is 0 Å². The molecule has 20 heavy (non-hydrogen) atoms. The monoisotopic (exact) mass is 340 g/mol. The van der Waals surface area contributed by atoms with Gasteiger partial charge in [0, 0.05) is 10.5 Å². The normalized spacial score (nSPS) is 22.3. The van der Waals surface area contributed by atoms with Crippen molar-refractivity contribution in [3.8, 4) is 5.75 Å². The molecule has 1 aromatic rings. The number of carbonyl (C=O) groups is 1. The minimum absolute atomic E-state index is 0.0510. The zero-order valence-electron chi connectivity index (χ0n) is 11.5. The van der Waals surface area contributed by atoms with Crippen LogP contribution in [0.5, 0.6) is 5.75 Å². The van der Waals surface area contributed by atoms with Gasteiger partial charge in [-0.25, -0.2) is 0 Å². The average Bonchev–Trinajstić information content (AvgIpc) is 2.47. The summed E-state index contributed by atoms with van der Waals surface area (Å²) in [6.45, 7) is 0.688. The first-order chi connectivity index (χ1) is 9.69. The summed E-state index contributed by atoms with van der Waals surface area (Å²) in [6, 6.07) is 7.65. The number of hydrogen-bond acceptors (Lipinski definition) is 3. The largest absolute Gasteiger partial charge is 0.484 e. The Kier molecular flexibility index (Phi) is 5.86. The maximum absolute atomic E-state index is 11.9. The van der Waals surface area contributed by atoms with Gasteiger partial charge in [0.25, 0.3) is 5.91 Å². The number of nitrogens with two attached hydrogens (primary N) is 1. The fraction of sp³-hybridized carbons (Fsp3) is 0.533. The van der Waals surface area contributed by atoms with E-state index in [1.165, 1.54) is 6.42 Å². The summed E-state index contributed by atoms with van der Waals surface area (Å²) in [6.07, 6.45) is 4.50. The lowest BCUT2D eigenvalue weighted by Gasteiger charge is -2.31. The van der Waals surface area contributed by atoms with Crippen LogP contribution in [0.15, 0.2) is 28.7 Å². The van der Waals surface area contributed by atoms with Crippen LogP contribution >= 0.6 is 15.9 Å². The van der Waals surface area contributed by atoms with Crippen molar-refractivity contribution >= 4 is 21.8 Å². The number of carbonyl (C=O) groups excluding carboxylic acids is 1. The topological polar surface area (TPSA) is 64.3 Å². The number of ether oxygens (including phenoxy) is 1. The Balaban J connectivity index is 1.78. The molecule has 3 N–H and O–H groups in total. The Morgan fingerprint density at radius 1 is 1.30 bits per heavy atom. The predicted molar refractivity (Wildman–Crippen MR) is 82.6 cm³/mol. The van der Waals surface area contributed by atoms with E-state index in [4.69, 9.17) is 10.5 Å². The summed E-state index contributed by atoms with van der Waals surface area (Å²) in [7, 11) is 0. The lowest BCUT2D eigenvalue weighted by molar-refractivity contribution is -0.124. The highest BCUT2D eigenvalue weighted by atomic mass is 79.9. The third kappa shape index (κ3) is 4.49. The van der Waals surface area contributed by atoms with Gasteiger partial charge in [-0.1, -0.05) is 28.8 Å². The molecule has 0 aromatic heterocycles. The van der Waals surface area contributed by atoms with Crippen molar-refractivity contribution < 1.29 is 9.53 Å². The van der Waals surface area contributed by atoms with Crippen LogP contribution < -0.4 is 15.8 Å². The molecule has 1 aliphatic rings. The van der Waals surface area contributed by atoms with E-state index < -0.39 is 0 Å². The fourth-order valence-electron chi connectivity index (χ4n) is 2.61. The molecular formula is C15H21BrN2O2. The first-order valence-electron chi connectivity index (χ1n) is 7.07. The van der Waals surface area contributed by atoms with Gasteiger partial charge < -0.3 is 15.8 Å². The molecule has 1 aliphatic carbocycles. The zero-order chi connectivity index (χ0) is 14.4. The van der Waals surface area contributed by atoms with Crippen LogP contribution in [0, 0.1) is 5.92 Å². The molecule has 0 bridgehead atoms. The molecule has 1 saturated carbocycles. The van der Waals surface area contributed by atoms with Crippen molar-refractivity contribution in [2.24, 2.45) is 11.7 Å². The zero-order valence-corrected chi connectivity index (χ0v) is 13.1. The highest BCUT2D eigenvalue weighted by molar-refractivity contribution is 9.10. The molecule has 1 aromatic carbocycles. The van der Waals surface area contributed by atoms with E-state index in [-0.39, 0.29) is 18.6 Å². The Labute approximate surface area is 128 Å². The third-order valence-corrected chi connectivity index (χ3v) is 4.27. The first kappa shape index (κ1) is 15.3. The van der Waals surface area contributed by atoms with E-state index >= 15 is 0 Å². The van der Waals surface area contributed by atoms with Crippen molar-refractivity contribution in [2.45, 2.75) is 31.7 Å². The lowest BCUT2D eigenvalue weighted by Crippen LogP contribution is -2.46. The molecular weight excluding hydrogens is 320 g/mol. The van der Waals surface area contributed by atoms with Crippen LogP contribution in [0.2, 0.25) is 0 Å². The molecule has 2 rings (SSSR count). The van der Waals surface area contributed by atoms with E-state index in [0.29, 0.717) is 18.2 Å². The highest BCUT2D eigenvalue weighted by Gasteiger charge is 2.25. The Bertz CT molecular complexity index is 436. The summed E-state index contributed by atoms with van der Waals surface area (Å²) < 4.78 is 6.46. The van der Waals surface area contributed by atoms with E-state index in [2.05, 4.69) is 21.2 Å². The minimum atomic E-state index is -0.0710. The molecule has 2 unspecified atom stereocenters. The number of nitrogens with one attached hydrogen (secondary N) is 1. The van der Waals surface area contributed by atoms with E-state index in [0.717, 1.165) is 23.7 Å². The van der Waals surface area contributed by atoms with Crippen LogP contribution in [-0.2, 0) is 4.79 Å². The number of rotatable bonds is 5. The molecule has 0 radical (unpaired) electrons. The number of amides is 1. The van der Waals surface area contributed by atoms with E-state index in [9.17, 15) is 4.79 Å². The minimum Gasteiger partial charge on any atom is -0.484 e. The van der Waals surface area contributed by atoms with Crippen LogP contribution in [0.3, 0.4) is 0 Å². The molecule has 2 atom stereocenters. The molecule has 0 spiro atoms. The second-order valence-corrected chi connectivity index (χ2v) is 6.11. The van der Waals surface area contributed by atoms with Gasteiger partial charge in [0.15, 0.2) is 6.61 Å². The van der Waals surface area contributed by atoms with Crippen LogP contribution in [-0.4, -0.2) is 25.1 Å². The van der Waals surface area contributed by atoms with Gasteiger partial charge in [-0.05, 0) is 49.6 Å². The average molecular weight is 341 g/mol. The molecule has 5 heteroatoms. The summed E-state index contributed by atoms with van der Waals surface area (Å²) in [5.41, 5.74) is 5.76. The molecule has 0 heterocycles. The number of hydrogen-bond donors (Lipinski definition) is 2. The molecule has 0 saturated heterocycles. The molecule has 1 fully saturated rings. The third-order valence-electron chi connectivity index (χ3n) is 3.74. The summed E-state index contributed by atoms with van der Waals surface area (Å²) in [5, 5.41) is 3.05. The van der Waals surface area contributed by atoms with Crippen molar-refractivity contribution in [3.05, 3.63) is 28.7 Å². The maximum Gasteiger partial charge on any atom is 0.258 e. The Morgan fingerprint density at radius 3 is 2.70 bits per heavy atom. The Hall–Kier alpha value is -1.07. The summed E-state index contributed by atoms with van der Waals surface area (Å²) in [4.78, 5) is 11.9. The van der Waals surface area contributed by atoms with Gasteiger partial charge >= 0.3 is 0 Å². The molecule has 4 nitrogen and oxygen atoms in total. The smallest absolute Gasteiger partial charge is 0.258 e. The van der Waals surface area contributed by atoms with Crippen LogP contribution in [0.25, 0.3) is 0 Å². The second kappa shape index (κ2) is 7.64. The summed E-state index contributed by atoms with van der Waals surface area (Å²) in [5.74, 6) is 1.03. The number of halogens is 1. The molecule has 1 amide bonds. The van der Waals surface area contributed by atoms with Crippen molar-refractivity contribution in [1.82, 2.24) is 5.32 Å². The lowest BCUT2D eigenvalue weighted by atomic mass is 9.84. The van der Waals surface area contributed by atoms with Crippen molar-refractivity contribution in [3.63, 3.8) is 0 Å². The van der Waals surface area contributed by atoms with Gasteiger partial charge in [0.2, 0.25) is 0 Å². The Morgan fingerprint density at radius 2 is 2.00 bits per heavy atom. The standard InChI is InChI=1S/C15H21BrN2O2/c16-12-5-7-13(8-6-12)20-10-15(19)18-14-4-2-1-3-11(14)9-17/h5-8,11,14H,1-4,9-10,17H2,(H,18,19). The van der Waals surface area contributed by atoms with Gasteiger partial charge in [0.05, 0.1) is 0 Å². The first-order valence-corrected chi connectivity index (χ1v) is 7.86. The SMILES string of the molecule is NCC1CCCCC1NC(=O)COc1ccc(Br)cc1. The van der Waals surface area contributed by atoms with Gasteiger partial charge in [-0.2, -0.15) is 0 Å². The quantitative estimate of drug-likeness (QED) is 0.865. The van der Waals surface area contributed by atoms with Gasteiger partial charge in [-0.15, -0.1) is 0 Å². The van der Waals surface area contributed by atoms with Gasteiger partial charge in [-0.3, -0.25) is 4.79 Å². The fourth-order valence-corrected chi connectivity index (χ4v) is 2.87.